The molecule has 1 aliphatic rings. The van der Waals surface area contributed by atoms with E-state index < -0.39 is 0 Å². The molecule has 0 aromatic heterocycles. The Balaban J connectivity index is 1.53. The van der Waals surface area contributed by atoms with Crippen LogP contribution < -0.4 is 0 Å². The van der Waals surface area contributed by atoms with E-state index in [0.717, 1.165) is 29.5 Å². The van der Waals surface area contributed by atoms with Gasteiger partial charge in [-0.25, -0.2) is 0 Å². The molecule has 0 amide bonds. The summed E-state index contributed by atoms with van der Waals surface area (Å²) in [7, 11) is 0. The quantitative estimate of drug-likeness (QED) is 0.170. The van der Waals surface area contributed by atoms with E-state index in [9.17, 15) is 0 Å². The molecule has 0 spiro atoms. The molecule has 6 aromatic carbocycles. The van der Waals surface area contributed by atoms with Crippen molar-refractivity contribution in [3.63, 3.8) is 0 Å². The predicted octanol–water partition coefficient (Wildman–Crippen LogP) is 12.5. The van der Waals surface area contributed by atoms with E-state index in [0.29, 0.717) is 0 Å². The van der Waals surface area contributed by atoms with Gasteiger partial charge in [0.25, 0.3) is 0 Å². The molecule has 46 heavy (non-hydrogen) atoms. The summed E-state index contributed by atoms with van der Waals surface area (Å²) in [6, 6.07) is 58.7. The highest BCUT2D eigenvalue weighted by atomic mass is 14.2. The average molecular weight is 589 g/mol. The van der Waals surface area contributed by atoms with Crippen LogP contribution in [0.1, 0.15) is 34.2 Å². The first-order valence-electron chi connectivity index (χ1n) is 16.0. The van der Waals surface area contributed by atoms with Gasteiger partial charge in [-0.3, -0.25) is 0 Å². The van der Waals surface area contributed by atoms with Crippen molar-refractivity contribution >= 4 is 34.1 Å². The molecular weight excluding hydrogens is 553 g/mol. The van der Waals surface area contributed by atoms with E-state index in [4.69, 9.17) is 0 Å². The Morgan fingerprint density at radius 3 is 1.87 bits per heavy atom. The fourth-order valence-corrected chi connectivity index (χ4v) is 6.35. The Hall–Kier alpha value is -5.72. The van der Waals surface area contributed by atoms with Gasteiger partial charge in [-0.1, -0.05) is 183 Å². The summed E-state index contributed by atoms with van der Waals surface area (Å²) < 4.78 is 0. The second-order valence-corrected chi connectivity index (χ2v) is 11.8. The van der Waals surface area contributed by atoms with Crippen LogP contribution in [0.15, 0.2) is 176 Å². The number of benzene rings is 5. The van der Waals surface area contributed by atoms with Crippen LogP contribution in [0.3, 0.4) is 0 Å². The molecule has 0 N–H and O–H groups in total. The summed E-state index contributed by atoms with van der Waals surface area (Å²) in [5.74, 6) is 0. The third kappa shape index (κ3) is 6.39. The Morgan fingerprint density at radius 1 is 0.500 bits per heavy atom. The summed E-state index contributed by atoms with van der Waals surface area (Å²) in [5, 5.41) is 2.39. The average Bonchev–Trinajstić information content (AvgIpc) is 3.13. The SMILES string of the molecule is C=C(C=Cc1ccccc1)c1cccc(-c2ccccc2)ccc(C2=Cc3ccccc3CC2)c2ccc(-c3ccccc3)cc12. The van der Waals surface area contributed by atoms with Crippen molar-refractivity contribution in [2.24, 2.45) is 0 Å². The zero-order valence-corrected chi connectivity index (χ0v) is 25.9. The Bertz CT molecular complexity index is 2130. The van der Waals surface area contributed by atoms with Crippen LogP contribution >= 0.6 is 0 Å². The molecule has 0 saturated carbocycles. The molecule has 0 heteroatoms. The van der Waals surface area contributed by atoms with Crippen LogP contribution in [0, 0.1) is 0 Å². The van der Waals surface area contributed by atoms with Crippen molar-refractivity contribution in [3.05, 3.63) is 204 Å². The summed E-state index contributed by atoms with van der Waals surface area (Å²) in [6.07, 6.45) is 8.71. The first-order valence-corrected chi connectivity index (χ1v) is 16.0. The van der Waals surface area contributed by atoms with Gasteiger partial charge < -0.3 is 0 Å². The smallest absolute Gasteiger partial charge is 0.00933 e. The largest absolute Gasteiger partial charge is 0.0911 e. The summed E-state index contributed by atoms with van der Waals surface area (Å²) in [6.45, 7) is 4.63. The molecule has 0 fully saturated rings. The van der Waals surface area contributed by atoms with Crippen LogP contribution in [0.25, 0.3) is 56.3 Å². The van der Waals surface area contributed by atoms with Gasteiger partial charge in [-0.15, -0.1) is 0 Å². The summed E-state index contributed by atoms with van der Waals surface area (Å²) in [4.78, 5) is 0. The Labute approximate surface area is 272 Å². The highest BCUT2D eigenvalue weighted by Gasteiger charge is 2.15. The lowest BCUT2D eigenvalue weighted by atomic mass is 9.86. The zero-order valence-electron chi connectivity index (χ0n) is 25.9. The van der Waals surface area contributed by atoms with E-state index in [1.807, 2.05) is 6.07 Å². The van der Waals surface area contributed by atoms with Crippen LogP contribution in [-0.4, -0.2) is 0 Å². The molecule has 0 saturated heterocycles. The minimum Gasteiger partial charge on any atom is -0.0911 e. The maximum absolute atomic E-state index is 4.63. The minimum atomic E-state index is 0.966. The van der Waals surface area contributed by atoms with Crippen molar-refractivity contribution in [2.45, 2.75) is 12.8 Å². The lowest BCUT2D eigenvalue weighted by Crippen LogP contribution is -1.99. The van der Waals surface area contributed by atoms with Gasteiger partial charge in [0.05, 0.1) is 0 Å². The highest BCUT2D eigenvalue weighted by molar-refractivity contribution is 6.04. The van der Waals surface area contributed by atoms with Crippen molar-refractivity contribution < 1.29 is 0 Å². The first-order chi connectivity index (χ1) is 22.7. The van der Waals surface area contributed by atoms with Crippen molar-refractivity contribution in [2.75, 3.05) is 0 Å². The molecule has 0 aliphatic heterocycles. The fraction of sp³-hybridized carbons (Fsp3) is 0.0435. The van der Waals surface area contributed by atoms with Crippen molar-refractivity contribution in [1.82, 2.24) is 0 Å². The normalized spacial score (nSPS) is 12.3. The number of hydrogen-bond donors (Lipinski definition) is 0. The molecule has 6 aromatic rings. The third-order valence-electron chi connectivity index (χ3n) is 8.80. The topological polar surface area (TPSA) is 0 Å². The molecule has 0 radical (unpaired) electrons. The van der Waals surface area contributed by atoms with Crippen LogP contribution in [-0.2, 0) is 6.42 Å². The lowest BCUT2D eigenvalue weighted by molar-refractivity contribution is 1.00. The molecule has 0 bridgehead atoms. The van der Waals surface area contributed by atoms with E-state index >= 15 is 0 Å². The second-order valence-electron chi connectivity index (χ2n) is 11.8. The maximum Gasteiger partial charge on any atom is -0.00933 e. The number of allylic oxidation sites excluding steroid dienone is 3. The molecule has 0 heterocycles. The third-order valence-corrected chi connectivity index (χ3v) is 8.80. The molecule has 0 nitrogen and oxygen atoms in total. The number of aryl methyl sites for hydroxylation is 1. The molecule has 1 aliphatic carbocycles. The summed E-state index contributed by atoms with van der Waals surface area (Å²) in [5.41, 5.74) is 13.3. The monoisotopic (exact) mass is 588 g/mol. The number of rotatable bonds is 6. The molecule has 220 valence electrons. The molecule has 0 unspecified atom stereocenters. The maximum atomic E-state index is 4.63. The van der Waals surface area contributed by atoms with Gasteiger partial charge >= 0.3 is 0 Å². The minimum absolute atomic E-state index is 0.966. The van der Waals surface area contributed by atoms with Crippen LogP contribution in [0.5, 0.6) is 0 Å². The lowest BCUT2D eigenvalue weighted by Gasteiger charge is -2.18. The summed E-state index contributed by atoms with van der Waals surface area (Å²) >= 11 is 0. The second kappa shape index (κ2) is 13.5. The Kier molecular flexibility index (Phi) is 8.52. The highest BCUT2D eigenvalue weighted by Crippen LogP contribution is 2.37. The zero-order chi connectivity index (χ0) is 31.1. The van der Waals surface area contributed by atoms with Crippen LogP contribution in [0.2, 0.25) is 0 Å². The van der Waals surface area contributed by atoms with Gasteiger partial charge in [0.15, 0.2) is 0 Å². The standard InChI is InChI=1S/C46H36/c1-34(24-25-35-14-5-2-6-15-35)43-23-13-22-38(36-16-7-3-8-17-36)28-30-44(42-27-26-39-20-11-12-21-40(39)32-42)45-31-29-41(33-46(43)45)37-18-9-4-10-19-37/h2-25,28-33H,1,26-27H2. The first kappa shape index (κ1) is 29.0. The predicted molar refractivity (Wildman–Crippen MR) is 200 cm³/mol. The number of fused-ring (bicyclic) bond motifs is 2. The van der Waals surface area contributed by atoms with E-state index in [2.05, 4.69) is 183 Å². The van der Waals surface area contributed by atoms with Gasteiger partial charge in [0, 0.05) is 0 Å². The van der Waals surface area contributed by atoms with E-state index in [1.54, 1.807) is 0 Å². The Morgan fingerprint density at radius 2 is 1.11 bits per heavy atom. The van der Waals surface area contributed by atoms with Crippen molar-refractivity contribution in [1.29, 1.82) is 0 Å². The van der Waals surface area contributed by atoms with E-state index in [-0.39, 0.29) is 0 Å². The van der Waals surface area contributed by atoms with Crippen molar-refractivity contribution in [3.8, 4) is 22.3 Å². The fourth-order valence-electron chi connectivity index (χ4n) is 6.35. The van der Waals surface area contributed by atoms with Gasteiger partial charge in [-0.2, -0.15) is 0 Å². The molecule has 0 atom stereocenters. The van der Waals surface area contributed by atoms with E-state index in [1.165, 1.54) is 55.3 Å². The number of hydrogen-bond acceptors (Lipinski definition) is 0. The van der Waals surface area contributed by atoms with Crippen LogP contribution in [0.4, 0.5) is 0 Å². The van der Waals surface area contributed by atoms with Gasteiger partial charge in [0.1, 0.15) is 0 Å². The molecular formula is C46H36. The van der Waals surface area contributed by atoms with Gasteiger partial charge in [0.2, 0.25) is 0 Å². The van der Waals surface area contributed by atoms with Gasteiger partial charge in [-0.05, 0) is 90.9 Å². The molecule has 7 rings (SSSR count).